The van der Waals surface area contributed by atoms with E-state index in [9.17, 15) is 0 Å². The molecule has 106 valence electrons. The average molecular weight is 264 g/mol. The van der Waals surface area contributed by atoms with Gasteiger partial charge in [-0.3, -0.25) is 0 Å². The lowest BCUT2D eigenvalue weighted by atomic mass is 10.0. The van der Waals surface area contributed by atoms with Crippen molar-refractivity contribution in [2.45, 2.75) is 39.2 Å². The molecule has 1 aromatic heterocycles. The van der Waals surface area contributed by atoms with Crippen LogP contribution in [0.2, 0.25) is 0 Å². The van der Waals surface area contributed by atoms with Crippen LogP contribution in [0.25, 0.3) is 0 Å². The third-order valence-corrected chi connectivity index (χ3v) is 3.47. The predicted octanol–water partition coefficient (Wildman–Crippen LogP) is 1.84. The van der Waals surface area contributed by atoms with E-state index in [4.69, 9.17) is 4.74 Å². The van der Waals surface area contributed by atoms with Gasteiger partial charge in [0.1, 0.15) is 12.1 Å². The van der Waals surface area contributed by atoms with E-state index < -0.39 is 0 Å². The highest BCUT2D eigenvalue weighted by Gasteiger charge is 2.23. The van der Waals surface area contributed by atoms with Crippen LogP contribution in [0, 0.1) is 0 Å². The highest BCUT2D eigenvalue weighted by molar-refractivity contribution is 5.42. The number of likely N-dealkylation sites (N-methyl/N-ethyl adjacent to an activating group) is 1. The average Bonchev–Trinajstić information content (AvgIpc) is 2.46. The van der Waals surface area contributed by atoms with Crippen molar-refractivity contribution in [1.82, 2.24) is 15.3 Å². The van der Waals surface area contributed by atoms with Crippen molar-refractivity contribution in [3.8, 4) is 5.88 Å². The molecule has 0 aliphatic carbocycles. The van der Waals surface area contributed by atoms with Gasteiger partial charge in [-0.1, -0.05) is 6.92 Å². The van der Waals surface area contributed by atoms with Crippen molar-refractivity contribution in [3.05, 3.63) is 12.4 Å². The van der Waals surface area contributed by atoms with E-state index in [2.05, 4.69) is 27.1 Å². The Morgan fingerprint density at radius 3 is 3.05 bits per heavy atom. The van der Waals surface area contributed by atoms with Gasteiger partial charge in [-0.25, -0.2) is 9.97 Å². The van der Waals surface area contributed by atoms with Crippen LogP contribution in [0.3, 0.4) is 0 Å². The highest BCUT2D eigenvalue weighted by atomic mass is 16.5. The number of hydrogen-bond acceptors (Lipinski definition) is 5. The van der Waals surface area contributed by atoms with Crippen LogP contribution in [0.1, 0.15) is 33.1 Å². The van der Waals surface area contributed by atoms with E-state index in [1.165, 1.54) is 19.3 Å². The molecule has 1 aliphatic rings. The summed E-state index contributed by atoms with van der Waals surface area (Å²) in [5, 5.41) is 3.44. The lowest BCUT2D eigenvalue weighted by Crippen LogP contribution is -2.46. The number of hydrogen-bond donors (Lipinski definition) is 1. The molecule has 0 spiro atoms. The van der Waals surface area contributed by atoms with Crippen LogP contribution < -0.4 is 15.0 Å². The summed E-state index contributed by atoms with van der Waals surface area (Å²) in [5.41, 5.74) is 0. The molecule has 1 aromatic rings. The summed E-state index contributed by atoms with van der Waals surface area (Å²) in [5.74, 6) is 1.65. The third-order valence-electron chi connectivity index (χ3n) is 3.47. The van der Waals surface area contributed by atoms with E-state index in [0.717, 1.165) is 25.5 Å². The van der Waals surface area contributed by atoms with Crippen molar-refractivity contribution < 1.29 is 4.74 Å². The SMILES string of the molecule is CCNCC1CCCCN1c1cc(OCC)ncn1. The lowest BCUT2D eigenvalue weighted by molar-refractivity contribution is 0.325. The van der Waals surface area contributed by atoms with Crippen molar-refractivity contribution in [1.29, 1.82) is 0 Å². The van der Waals surface area contributed by atoms with Crippen molar-refractivity contribution in [3.63, 3.8) is 0 Å². The highest BCUT2D eigenvalue weighted by Crippen LogP contribution is 2.24. The molecule has 1 atom stereocenters. The fraction of sp³-hybridized carbons (Fsp3) is 0.714. The zero-order valence-electron chi connectivity index (χ0n) is 11.9. The maximum Gasteiger partial charge on any atom is 0.218 e. The number of anilines is 1. The summed E-state index contributed by atoms with van der Waals surface area (Å²) < 4.78 is 5.46. The summed E-state index contributed by atoms with van der Waals surface area (Å²) in [6.07, 6.45) is 5.35. The Bertz CT molecular complexity index is 385. The number of nitrogens with one attached hydrogen (secondary N) is 1. The molecule has 0 amide bonds. The van der Waals surface area contributed by atoms with Crippen LogP contribution in [-0.4, -0.2) is 42.3 Å². The Balaban J connectivity index is 2.09. The molecule has 1 N–H and O–H groups in total. The number of ether oxygens (including phenoxy) is 1. The van der Waals surface area contributed by atoms with Crippen LogP contribution in [0.4, 0.5) is 5.82 Å². The number of aromatic nitrogens is 2. The van der Waals surface area contributed by atoms with Gasteiger partial charge < -0.3 is 15.0 Å². The zero-order chi connectivity index (χ0) is 13.5. The summed E-state index contributed by atoms with van der Waals surface area (Å²) in [6.45, 7) is 7.85. The smallest absolute Gasteiger partial charge is 0.218 e. The Labute approximate surface area is 115 Å². The second kappa shape index (κ2) is 7.28. The van der Waals surface area contributed by atoms with Gasteiger partial charge in [0.05, 0.1) is 6.61 Å². The summed E-state index contributed by atoms with van der Waals surface area (Å²) in [7, 11) is 0. The van der Waals surface area contributed by atoms with Crippen molar-refractivity contribution in [2.75, 3.05) is 31.1 Å². The normalized spacial score (nSPS) is 19.5. The number of rotatable bonds is 6. The molecule has 0 saturated carbocycles. The van der Waals surface area contributed by atoms with Gasteiger partial charge in [-0.2, -0.15) is 0 Å². The fourth-order valence-corrected chi connectivity index (χ4v) is 2.54. The second-order valence-electron chi connectivity index (χ2n) is 4.80. The summed E-state index contributed by atoms with van der Waals surface area (Å²) in [6, 6.07) is 2.48. The largest absolute Gasteiger partial charge is 0.478 e. The van der Waals surface area contributed by atoms with Gasteiger partial charge in [0, 0.05) is 25.2 Å². The molecule has 0 radical (unpaired) electrons. The maximum atomic E-state index is 5.46. The van der Waals surface area contributed by atoms with Crippen molar-refractivity contribution in [2.24, 2.45) is 0 Å². The molecule has 1 saturated heterocycles. The minimum atomic E-state index is 0.526. The fourth-order valence-electron chi connectivity index (χ4n) is 2.54. The topological polar surface area (TPSA) is 50.3 Å². The first-order valence-corrected chi connectivity index (χ1v) is 7.27. The second-order valence-corrected chi connectivity index (χ2v) is 4.80. The predicted molar refractivity (Wildman–Crippen MR) is 76.7 cm³/mol. The van der Waals surface area contributed by atoms with E-state index in [1.807, 2.05) is 13.0 Å². The molecule has 1 aliphatic heterocycles. The molecule has 2 rings (SSSR count). The monoisotopic (exact) mass is 264 g/mol. The summed E-state index contributed by atoms with van der Waals surface area (Å²) in [4.78, 5) is 10.9. The van der Waals surface area contributed by atoms with Gasteiger partial charge in [0.15, 0.2) is 0 Å². The van der Waals surface area contributed by atoms with E-state index >= 15 is 0 Å². The minimum Gasteiger partial charge on any atom is -0.478 e. The molecule has 5 nitrogen and oxygen atoms in total. The molecule has 5 heteroatoms. The Kier molecular flexibility index (Phi) is 5.39. The molecule has 1 fully saturated rings. The summed E-state index contributed by atoms with van der Waals surface area (Å²) >= 11 is 0. The standard InChI is InChI=1S/C14H24N4O/c1-3-15-10-12-7-5-6-8-18(12)13-9-14(19-4-2)17-11-16-13/h9,11-12,15H,3-8,10H2,1-2H3. The van der Waals surface area contributed by atoms with Crippen LogP contribution in [-0.2, 0) is 0 Å². The Morgan fingerprint density at radius 2 is 2.26 bits per heavy atom. The molecule has 2 heterocycles. The van der Waals surface area contributed by atoms with E-state index in [0.29, 0.717) is 18.5 Å². The zero-order valence-corrected chi connectivity index (χ0v) is 11.9. The van der Waals surface area contributed by atoms with E-state index in [-0.39, 0.29) is 0 Å². The maximum absolute atomic E-state index is 5.46. The number of nitrogens with zero attached hydrogens (tertiary/aromatic N) is 3. The molecule has 1 unspecified atom stereocenters. The third kappa shape index (κ3) is 3.80. The Hall–Kier alpha value is -1.36. The van der Waals surface area contributed by atoms with Crippen LogP contribution in [0.5, 0.6) is 5.88 Å². The number of piperidine rings is 1. The molecule has 19 heavy (non-hydrogen) atoms. The van der Waals surface area contributed by atoms with Crippen LogP contribution >= 0.6 is 0 Å². The quantitative estimate of drug-likeness (QED) is 0.849. The first-order valence-electron chi connectivity index (χ1n) is 7.27. The van der Waals surface area contributed by atoms with Crippen LogP contribution in [0.15, 0.2) is 12.4 Å². The van der Waals surface area contributed by atoms with Gasteiger partial charge in [-0.15, -0.1) is 0 Å². The van der Waals surface area contributed by atoms with Gasteiger partial charge >= 0.3 is 0 Å². The first-order chi connectivity index (χ1) is 9.35. The van der Waals surface area contributed by atoms with Gasteiger partial charge in [-0.05, 0) is 32.7 Å². The van der Waals surface area contributed by atoms with Gasteiger partial charge in [0.25, 0.3) is 0 Å². The molecular formula is C14H24N4O. The van der Waals surface area contributed by atoms with Crippen molar-refractivity contribution >= 4 is 5.82 Å². The van der Waals surface area contributed by atoms with E-state index in [1.54, 1.807) is 6.33 Å². The first kappa shape index (κ1) is 14.1. The minimum absolute atomic E-state index is 0.526. The van der Waals surface area contributed by atoms with Gasteiger partial charge in [0.2, 0.25) is 5.88 Å². The Morgan fingerprint density at radius 1 is 1.37 bits per heavy atom. The lowest BCUT2D eigenvalue weighted by Gasteiger charge is -2.36. The molecular weight excluding hydrogens is 240 g/mol. The molecule has 0 bridgehead atoms. The molecule has 0 aromatic carbocycles.